The lowest BCUT2D eigenvalue weighted by Gasteiger charge is -2.37. The van der Waals surface area contributed by atoms with Gasteiger partial charge in [-0.2, -0.15) is 5.10 Å². The molecule has 1 aliphatic heterocycles. The van der Waals surface area contributed by atoms with Crippen LogP contribution in [0.1, 0.15) is 64.9 Å². The molecule has 0 aliphatic carbocycles. The summed E-state index contributed by atoms with van der Waals surface area (Å²) >= 11 is 0. The zero-order chi connectivity index (χ0) is 39.7. The standard InChI is InChI=1S/C43H57F2N7O4/c1-4-36(33(2)53)9-5-6-20-46-32-52(34(3)54)41-14-12-39(13-15-41)49-22-24-50(25-23-49)40-16-18-42(19-17-40)56-28-35(8-7-21-51-31-47-30-48-51)27-55-29-37-10-11-38(44)26-43(37)45/h10-19,26,30-33,35-36,53H,4-9,20-25,27-29H2,1-3H3/t33-,35-,36+/m0/s1. The van der Waals surface area contributed by atoms with Crippen LogP contribution in [0.5, 0.6) is 5.75 Å². The van der Waals surface area contributed by atoms with Gasteiger partial charge in [0.25, 0.3) is 0 Å². The second kappa shape index (κ2) is 22.0. The van der Waals surface area contributed by atoms with Gasteiger partial charge >= 0.3 is 0 Å². The van der Waals surface area contributed by atoms with E-state index >= 15 is 0 Å². The molecule has 302 valence electrons. The Hall–Kier alpha value is -4.88. The number of halogens is 2. The Morgan fingerprint density at radius 3 is 2.25 bits per heavy atom. The van der Waals surface area contributed by atoms with Gasteiger partial charge in [-0.3, -0.25) is 19.4 Å². The third kappa shape index (κ3) is 13.1. The van der Waals surface area contributed by atoms with Crippen molar-refractivity contribution in [3.63, 3.8) is 0 Å². The molecule has 0 radical (unpaired) electrons. The van der Waals surface area contributed by atoms with E-state index in [0.717, 1.165) is 100 Å². The fourth-order valence-electron chi connectivity index (χ4n) is 6.96. The van der Waals surface area contributed by atoms with Crippen molar-refractivity contribution in [3.05, 3.63) is 96.6 Å². The Bertz CT molecular complexity index is 1770. The second-order valence-electron chi connectivity index (χ2n) is 14.5. The molecule has 2 heterocycles. The molecule has 1 fully saturated rings. The highest BCUT2D eigenvalue weighted by atomic mass is 19.1. The SMILES string of the molecule is CC[C@H](CCCCN=CN(C(C)=O)c1ccc(N2CCN(c3ccc(OC[C@@H](CCCn4cncn4)COCc4ccc(F)cc4F)cc3)CC2)cc1)[C@H](C)O. The number of aliphatic imine (C=N–C) groups is 1. The second-order valence-corrected chi connectivity index (χ2v) is 14.5. The van der Waals surface area contributed by atoms with Crippen molar-refractivity contribution in [2.75, 3.05) is 60.6 Å². The molecule has 5 rings (SSSR count). The summed E-state index contributed by atoms with van der Waals surface area (Å²) in [7, 11) is 0. The van der Waals surface area contributed by atoms with E-state index in [9.17, 15) is 18.7 Å². The number of hydrogen-bond acceptors (Lipinski definition) is 9. The molecule has 4 aromatic rings. The number of aliphatic hydroxyl groups is 1. The van der Waals surface area contributed by atoms with Gasteiger partial charge in [-0.25, -0.2) is 13.8 Å². The summed E-state index contributed by atoms with van der Waals surface area (Å²) in [5.41, 5.74) is 3.35. The first-order valence-corrected chi connectivity index (χ1v) is 19.8. The van der Waals surface area contributed by atoms with Gasteiger partial charge in [-0.05, 0) is 93.1 Å². The van der Waals surface area contributed by atoms with Crippen LogP contribution in [0.15, 0.2) is 84.4 Å². The highest BCUT2D eigenvalue weighted by Crippen LogP contribution is 2.26. The topological polar surface area (TPSA) is 109 Å². The van der Waals surface area contributed by atoms with E-state index in [4.69, 9.17) is 9.47 Å². The zero-order valence-electron chi connectivity index (χ0n) is 33.0. The molecule has 11 nitrogen and oxygen atoms in total. The van der Waals surface area contributed by atoms with Gasteiger partial charge in [0.2, 0.25) is 5.91 Å². The number of rotatable bonds is 22. The molecular formula is C43H57F2N7O4. The number of carbonyl (C=O) groups excluding carboxylic acids is 1. The normalized spacial score (nSPS) is 14.9. The summed E-state index contributed by atoms with van der Waals surface area (Å²) in [4.78, 5) is 27.3. The lowest BCUT2D eigenvalue weighted by molar-refractivity contribution is -0.115. The number of unbranched alkanes of at least 4 members (excludes halogenated alkanes) is 1. The maximum absolute atomic E-state index is 14.1. The molecule has 3 atom stereocenters. The average Bonchev–Trinajstić information content (AvgIpc) is 3.72. The van der Waals surface area contributed by atoms with Gasteiger partial charge < -0.3 is 24.4 Å². The van der Waals surface area contributed by atoms with Crippen LogP contribution >= 0.6 is 0 Å². The summed E-state index contributed by atoms with van der Waals surface area (Å²) in [5.74, 6) is -0.169. The predicted molar refractivity (Wildman–Crippen MR) is 217 cm³/mol. The molecule has 3 aromatic carbocycles. The summed E-state index contributed by atoms with van der Waals surface area (Å²) in [6.07, 6.45) is 10.1. The lowest BCUT2D eigenvalue weighted by atomic mass is 9.94. The van der Waals surface area contributed by atoms with Gasteiger partial charge in [-0.15, -0.1) is 0 Å². The molecule has 0 spiro atoms. The van der Waals surface area contributed by atoms with Crippen molar-refractivity contribution in [3.8, 4) is 5.75 Å². The summed E-state index contributed by atoms with van der Waals surface area (Å²) in [6.45, 7) is 11.2. The van der Waals surface area contributed by atoms with Crippen LogP contribution < -0.4 is 19.4 Å². The monoisotopic (exact) mass is 773 g/mol. The number of benzene rings is 3. The Morgan fingerprint density at radius 2 is 1.64 bits per heavy atom. The number of hydrogen-bond donors (Lipinski definition) is 1. The number of aryl methyl sites for hydroxylation is 1. The zero-order valence-corrected chi connectivity index (χ0v) is 33.0. The number of anilines is 3. The minimum Gasteiger partial charge on any atom is -0.493 e. The first-order chi connectivity index (χ1) is 27.2. The first kappa shape index (κ1) is 42.3. The average molecular weight is 774 g/mol. The van der Waals surface area contributed by atoms with Crippen molar-refractivity contribution < 1.29 is 28.2 Å². The number of nitrogens with zero attached hydrogens (tertiary/aromatic N) is 7. The number of aromatic nitrogens is 3. The van der Waals surface area contributed by atoms with Crippen molar-refractivity contribution in [2.45, 2.75) is 78.6 Å². The quantitative estimate of drug-likeness (QED) is 0.0497. The third-order valence-corrected chi connectivity index (χ3v) is 10.4. The molecule has 56 heavy (non-hydrogen) atoms. The molecule has 0 unspecified atom stereocenters. The van der Waals surface area contributed by atoms with Crippen LogP contribution in [-0.2, 0) is 22.7 Å². The third-order valence-electron chi connectivity index (χ3n) is 10.4. The Morgan fingerprint density at radius 1 is 0.946 bits per heavy atom. The minimum atomic E-state index is -0.614. The van der Waals surface area contributed by atoms with Crippen molar-refractivity contribution in [1.29, 1.82) is 0 Å². The molecule has 0 saturated carbocycles. The number of ether oxygens (including phenoxy) is 2. The van der Waals surface area contributed by atoms with Crippen LogP contribution in [0.4, 0.5) is 25.8 Å². The van der Waals surface area contributed by atoms with Gasteiger partial charge in [-0.1, -0.05) is 25.8 Å². The molecule has 1 aromatic heterocycles. The summed E-state index contributed by atoms with van der Waals surface area (Å²) in [5, 5.41) is 14.0. The Labute approximate surface area is 330 Å². The van der Waals surface area contributed by atoms with Gasteiger partial charge in [0, 0.05) is 80.8 Å². The molecule has 1 aliphatic rings. The van der Waals surface area contributed by atoms with Gasteiger partial charge in [0.15, 0.2) is 0 Å². The van der Waals surface area contributed by atoms with Crippen molar-refractivity contribution in [2.24, 2.45) is 16.8 Å². The lowest BCUT2D eigenvalue weighted by Crippen LogP contribution is -2.46. The first-order valence-electron chi connectivity index (χ1n) is 19.8. The molecular weight excluding hydrogens is 717 g/mol. The number of aliphatic hydroxyl groups excluding tert-OH is 1. The maximum atomic E-state index is 14.1. The van der Waals surface area contributed by atoms with E-state index in [-0.39, 0.29) is 24.5 Å². The molecule has 0 bridgehead atoms. The highest BCUT2D eigenvalue weighted by Gasteiger charge is 2.19. The van der Waals surface area contributed by atoms with E-state index in [0.29, 0.717) is 31.2 Å². The maximum Gasteiger partial charge on any atom is 0.229 e. The van der Waals surface area contributed by atoms with Gasteiger partial charge in [0.1, 0.15) is 30.0 Å². The largest absolute Gasteiger partial charge is 0.493 e. The van der Waals surface area contributed by atoms with E-state index in [2.05, 4.69) is 56.1 Å². The van der Waals surface area contributed by atoms with E-state index in [1.807, 2.05) is 31.2 Å². The van der Waals surface area contributed by atoms with E-state index in [1.54, 1.807) is 29.2 Å². The number of carbonyl (C=O) groups is 1. The summed E-state index contributed by atoms with van der Waals surface area (Å²) < 4.78 is 41.3. The molecule has 1 N–H and O–H groups in total. The number of amides is 1. The van der Waals surface area contributed by atoms with E-state index in [1.165, 1.54) is 18.5 Å². The van der Waals surface area contributed by atoms with Crippen LogP contribution in [0.2, 0.25) is 0 Å². The van der Waals surface area contributed by atoms with Crippen molar-refractivity contribution >= 4 is 29.3 Å². The number of piperazine rings is 1. The molecule has 13 heteroatoms. The summed E-state index contributed by atoms with van der Waals surface area (Å²) in [6, 6.07) is 19.8. The van der Waals surface area contributed by atoms with Crippen LogP contribution in [-0.4, -0.2) is 84.2 Å². The van der Waals surface area contributed by atoms with Crippen molar-refractivity contribution in [1.82, 2.24) is 14.8 Å². The minimum absolute atomic E-state index is 0.0544. The van der Waals surface area contributed by atoms with Crippen LogP contribution in [0.25, 0.3) is 0 Å². The molecule has 1 saturated heterocycles. The smallest absolute Gasteiger partial charge is 0.229 e. The molecule has 1 amide bonds. The van der Waals surface area contributed by atoms with Crippen LogP contribution in [0.3, 0.4) is 0 Å². The fourth-order valence-corrected chi connectivity index (χ4v) is 6.96. The Balaban J connectivity index is 1.07. The fraction of sp³-hybridized carbons (Fsp3) is 0.488. The van der Waals surface area contributed by atoms with Crippen LogP contribution in [0, 0.1) is 23.5 Å². The van der Waals surface area contributed by atoms with Gasteiger partial charge in [0.05, 0.1) is 32.3 Å². The predicted octanol–water partition coefficient (Wildman–Crippen LogP) is 7.53. The Kier molecular flexibility index (Phi) is 16.6. The van der Waals surface area contributed by atoms with E-state index < -0.39 is 11.6 Å². The highest BCUT2D eigenvalue weighted by molar-refractivity contribution is 6.07.